The quantitative estimate of drug-likeness (QED) is 0.814. The Balaban J connectivity index is 2.55. The fourth-order valence-electron chi connectivity index (χ4n) is 1.83. The van der Waals surface area contributed by atoms with Gasteiger partial charge in [-0.1, -0.05) is 6.92 Å². The number of aryl methyl sites for hydroxylation is 1. The lowest BCUT2D eigenvalue weighted by Gasteiger charge is -2.15. The molecule has 5 heteroatoms. The number of furan rings is 1. The molecule has 0 saturated carbocycles. The average Bonchev–Trinajstić information content (AvgIpc) is 2.62. The van der Waals surface area contributed by atoms with Crippen molar-refractivity contribution in [2.75, 3.05) is 18.6 Å². The first-order chi connectivity index (χ1) is 7.92. The van der Waals surface area contributed by atoms with Gasteiger partial charge in [0.2, 0.25) is 0 Å². The number of nitrogens with one attached hydrogen (secondary N) is 1. The van der Waals surface area contributed by atoms with Gasteiger partial charge in [0.1, 0.15) is 15.6 Å². The van der Waals surface area contributed by atoms with Gasteiger partial charge in [-0.05, 0) is 32.4 Å². The maximum absolute atomic E-state index is 11.1. The van der Waals surface area contributed by atoms with Crippen molar-refractivity contribution in [1.29, 1.82) is 0 Å². The molecule has 0 spiro atoms. The molecule has 0 aliphatic heterocycles. The van der Waals surface area contributed by atoms with E-state index in [-0.39, 0.29) is 11.8 Å². The largest absolute Gasteiger partial charge is 0.469 e. The van der Waals surface area contributed by atoms with Crippen molar-refractivity contribution in [3.8, 4) is 0 Å². The minimum Gasteiger partial charge on any atom is -0.469 e. The summed E-state index contributed by atoms with van der Waals surface area (Å²) in [4.78, 5) is 0. The zero-order valence-electron chi connectivity index (χ0n) is 10.7. The fourth-order valence-corrected chi connectivity index (χ4v) is 2.52. The monoisotopic (exact) mass is 259 g/mol. The van der Waals surface area contributed by atoms with Crippen molar-refractivity contribution in [1.82, 2.24) is 5.32 Å². The maximum atomic E-state index is 11.1. The highest BCUT2D eigenvalue weighted by molar-refractivity contribution is 7.90. The van der Waals surface area contributed by atoms with Crippen LogP contribution in [-0.2, 0) is 9.84 Å². The first-order valence-electron chi connectivity index (χ1n) is 5.88. The van der Waals surface area contributed by atoms with E-state index in [2.05, 4.69) is 5.32 Å². The van der Waals surface area contributed by atoms with Crippen LogP contribution in [0.15, 0.2) is 16.7 Å². The minimum absolute atomic E-state index is 0.180. The van der Waals surface area contributed by atoms with Gasteiger partial charge >= 0.3 is 0 Å². The van der Waals surface area contributed by atoms with E-state index in [4.69, 9.17) is 4.42 Å². The predicted octanol–water partition coefficient (Wildman–Crippen LogP) is 2.06. The molecule has 1 unspecified atom stereocenters. The van der Waals surface area contributed by atoms with Crippen LogP contribution in [-0.4, -0.2) is 27.0 Å². The number of hydrogen-bond donors (Lipinski definition) is 1. The molecule has 0 radical (unpaired) electrons. The molecule has 4 nitrogen and oxygen atoms in total. The van der Waals surface area contributed by atoms with Gasteiger partial charge < -0.3 is 9.73 Å². The Labute approximate surface area is 103 Å². The van der Waals surface area contributed by atoms with Crippen molar-refractivity contribution >= 4 is 9.84 Å². The van der Waals surface area contributed by atoms with Gasteiger partial charge in [-0.15, -0.1) is 0 Å². The second kappa shape index (κ2) is 6.21. The van der Waals surface area contributed by atoms with Crippen LogP contribution in [0.4, 0.5) is 0 Å². The topological polar surface area (TPSA) is 59.3 Å². The third-order valence-corrected chi connectivity index (χ3v) is 3.64. The zero-order valence-corrected chi connectivity index (χ0v) is 11.5. The van der Waals surface area contributed by atoms with E-state index < -0.39 is 9.84 Å². The smallest absolute Gasteiger partial charge is 0.147 e. The summed E-state index contributed by atoms with van der Waals surface area (Å²) in [6.07, 6.45) is 4.49. The Morgan fingerprint density at radius 2 is 2.18 bits per heavy atom. The van der Waals surface area contributed by atoms with E-state index in [9.17, 15) is 8.42 Å². The molecule has 0 aliphatic carbocycles. The molecule has 0 fully saturated rings. The Morgan fingerprint density at radius 1 is 1.47 bits per heavy atom. The van der Waals surface area contributed by atoms with Gasteiger partial charge in [-0.2, -0.15) is 0 Å². The molecule has 0 saturated heterocycles. The number of sulfone groups is 1. The molecule has 1 heterocycles. The zero-order chi connectivity index (χ0) is 12.9. The summed E-state index contributed by atoms with van der Waals surface area (Å²) in [5, 5.41) is 3.34. The molecule has 1 aromatic rings. The van der Waals surface area contributed by atoms with Gasteiger partial charge in [0, 0.05) is 23.6 Å². The molecule has 1 atom stereocenters. The first-order valence-corrected chi connectivity index (χ1v) is 7.94. The van der Waals surface area contributed by atoms with Crippen LogP contribution in [0.25, 0.3) is 0 Å². The highest BCUT2D eigenvalue weighted by Crippen LogP contribution is 2.21. The maximum Gasteiger partial charge on any atom is 0.147 e. The summed E-state index contributed by atoms with van der Waals surface area (Å²) in [5.74, 6) is 1.12. The van der Waals surface area contributed by atoms with Crippen LogP contribution >= 0.6 is 0 Å². The predicted molar refractivity (Wildman–Crippen MR) is 68.8 cm³/mol. The Bertz CT molecular complexity index is 436. The molecule has 1 N–H and O–H groups in total. The van der Waals surface area contributed by atoms with Crippen LogP contribution in [0.3, 0.4) is 0 Å². The summed E-state index contributed by atoms with van der Waals surface area (Å²) >= 11 is 0. The Morgan fingerprint density at radius 3 is 2.65 bits per heavy atom. The van der Waals surface area contributed by atoms with Crippen LogP contribution in [0, 0.1) is 6.92 Å². The first kappa shape index (κ1) is 14.3. The summed E-state index contributed by atoms with van der Waals surface area (Å²) < 4.78 is 27.4. The summed E-state index contributed by atoms with van der Waals surface area (Å²) in [7, 11) is -2.86. The number of rotatable bonds is 7. The lowest BCUT2D eigenvalue weighted by Crippen LogP contribution is -2.21. The molecule has 0 aliphatic rings. The van der Waals surface area contributed by atoms with E-state index in [1.807, 2.05) is 19.9 Å². The van der Waals surface area contributed by atoms with Crippen molar-refractivity contribution in [3.63, 3.8) is 0 Å². The van der Waals surface area contributed by atoms with E-state index in [0.717, 1.165) is 24.3 Å². The normalized spacial score (nSPS) is 13.8. The second-order valence-electron chi connectivity index (χ2n) is 4.37. The minimum atomic E-state index is -2.86. The third-order valence-electron chi connectivity index (χ3n) is 2.61. The average molecular weight is 259 g/mol. The molecule has 17 heavy (non-hydrogen) atoms. The Hall–Kier alpha value is -0.810. The lowest BCUT2D eigenvalue weighted by atomic mass is 10.1. The van der Waals surface area contributed by atoms with E-state index in [0.29, 0.717) is 6.42 Å². The molecule has 0 bridgehead atoms. The van der Waals surface area contributed by atoms with E-state index in [1.165, 1.54) is 6.26 Å². The van der Waals surface area contributed by atoms with Crippen molar-refractivity contribution in [2.24, 2.45) is 0 Å². The summed E-state index contributed by atoms with van der Waals surface area (Å²) in [6, 6.07) is 2.17. The van der Waals surface area contributed by atoms with Crippen LogP contribution in [0.5, 0.6) is 0 Å². The summed E-state index contributed by atoms with van der Waals surface area (Å²) in [6.45, 7) is 4.80. The van der Waals surface area contributed by atoms with Crippen LogP contribution in [0.2, 0.25) is 0 Å². The van der Waals surface area contributed by atoms with Gasteiger partial charge in [-0.3, -0.25) is 0 Å². The van der Waals surface area contributed by atoms with Crippen molar-refractivity contribution < 1.29 is 12.8 Å². The molecular formula is C12H21NO3S. The van der Waals surface area contributed by atoms with Crippen molar-refractivity contribution in [3.05, 3.63) is 23.7 Å². The van der Waals surface area contributed by atoms with Crippen LogP contribution in [0.1, 0.15) is 37.1 Å². The van der Waals surface area contributed by atoms with E-state index in [1.54, 1.807) is 6.26 Å². The molecular weight excluding hydrogens is 238 g/mol. The molecule has 1 aromatic heterocycles. The fraction of sp³-hybridized carbons (Fsp3) is 0.667. The third kappa shape index (κ3) is 5.37. The molecule has 0 aromatic carbocycles. The molecule has 0 amide bonds. The van der Waals surface area contributed by atoms with Gasteiger partial charge in [-0.25, -0.2) is 8.42 Å². The Kier molecular flexibility index (Phi) is 5.21. The lowest BCUT2D eigenvalue weighted by molar-refractivity contribution is 0.490. The molecule has 98 valence electrons. The summed E-state index contributed by atoms with van der Waals surface area (Å²) in [5.41, 5.74) is 1.10. The van der Waals surface area contributed by atoms with Gasteiger partial charge in [0.05, 0.1) is 6.26 Å². The second-order valence-corrected chi connectivity index (χ2v) is 6.63. The number of hydrogen-bond acceptors (Lipinski definition) is 4. The highest BCUT2D eigenvalue weighted by atomic mass is 32.2. The van der Waals surface area contributed by atoms with Crippen molar-refractivity contribution in [2.45, 2.75) is 32.7 Å². The van der Waals surface area contributed by atoms with Gasteiger partial charge in [0.25, 0.3) is 0 Å². The standard InChI is InChI=1S/C12H21NO3S/c1-4-13-12(6-5-7-17(3,14)15)11-8-10(2)16-9-11/h8-9,12-13H,4-7H2,1-3H3. The van der Waals surface area contributed by atoms with E-state index >= 15 is 0 Å². The SMILES string of the molecule is CCNC(CCCS(C)(=O)=O)c1coc(C)c1. The van der Waals surface area contributed by atoms with Crippen LogP contribution < -0.4 is 5.32 Å². The van der Waals surface area contributed by atoms with Gasteiger partial charge in [0.15, 0.2) is 0 Å². The highest BCUT2D eigenvalue weighted by Gasteiger charge is 2.13. The molecule has 1 rings (SSSR count).